The van der Waals surface area contributed by atoms with Gasteiger partial charge in [0.15, 0.2) is 18.1 Å². The number of likely N-dealkylation sites (tertiary alicyclic amines) is 1. The highest BCUT2D eigenvalue weighted by atomic mass is 16.5. The van der Waals surface area contributed by atoms with Gasteiger partial charge in [0.1, 0.15) is 0 Å². The van der Waals surface area contributed by atoms with Crippen LogP contribution < -0.4 is 14.8 Å². The summed E-state index contributed by atoms with van der Waals surface area (Å²) in [6, 6.07) is 15.3. The maximum absolute atomic E-state index is 12.2. The molecule has 1 aliphatic rings. The zero-order chi connectivity index (χ0) is 22.2. The predicted octanol–water partition coefficient (Wildman–Crippen LogP) is 3.74. The summed E-state index contributed by atoms with van der Waals surface area (Å²) in [5.74, 6) is 2.16. The number of carbonyl (C=O) groups excluding carboxylic acids is 1. The minimum absolute atomic E-state index is 0.119. The Balaban J connectivity index is 1.45. The van der Waals surface area contributed by atoms with Crippen molar-refractivity contribution in [1.82, 2.24) is 10.2 Å². The number of ether oxygens (including phenoxy) is 2. The molecule has 0 radical (unpaired) electrons. The molecule has 2 atom stereocenters. The van der Waals surface area contributed by atoms with E-state index in [1.807, 2.05) is 6.07 Å². The van der Waals surface area contributed by atoms with Crippen LogP contribution in [0.3, 0.4) is 0 Å². The van der Waals surface area contributed by atoms with Crippen molar-refractivity contribution in [3.63, 3.8) is 0 Å². The SMILES string of the molecule is COc1cc(C#N)ccc1OCC(=O)NCc1ccc(CN2CC(C)CC(C)C2)cc1. The van der Waals surface area contributed by atoms with Crippen molar-refractivity contribution in [2.45, 2.75) is 33.4 Å². The first-order valence-corrected chi connectivity index (χ1v) is 10.7. The van der Waals surface area contributed by atoms with Crippen LogP contribution in [0.4, 0.5) is 0 Å². The lowest BCUT2D eigenvalue weighted by molar-refractivity contribution is -0.123. The summed E-state index contributed by atoms with van der Waals surface area (Å²) < 4.78 is 10.8. The van der Waals surface area contributed by atoms with Gasteiger partial charge in [-0.05, 0) is 41.5 Å². The van der Waals surface area contributed by atoms with Gasteiger partial charge in [0.25, 0.3) is 5.91 Å². The molecule has 31 heavy (non-hydrogen) atoms. The molecular weight excluding hydrogens is 390 g/mol. The van der Waals surface area contributed by atoms with Gasteiger partial charge in [0.05, 0.1) is 18.7 Å². The third-order valence-electron chi connectivity index (χ3n) is 5.51. The van der Waals surface area contributed by atoms with Crippen molar-refractivity contribution in [2.75, 3.05) is 26.8 Å². The number of hydrogen-bond donors (Lipinski definition) is 1. The van der Waals surface area contributed by atoms with Crippen molar-refractivity contribution in [2.24, 2.45) is 11.8 Å². The second-order valence-corrected chi connectivity index (χ2v) is 8.50. The molecule has 1 saturated heterocycles. The fraction of sp³-hybridized carbons (Fsp3) is 0.440. The summed E-state index contributed by atoms with van der Waals surface area (Å²) in [7, 11) is 1.50. The van der Waals surface area contributed by atoms with E-state index >= 15 is 0 Å². The summed E-state index contributed by atoms with van der Waals surface area (Å²) >= 11 is 0. The minimum atomic E-state index is -0.216. The maximum atomic E-state index is 12.2. The van der Waals surface area contributed by atoms with Crippen molar-refractivity contribution < 1.29 is 14.3 Å². The maximum Gasteiger partial charge on any atom is 0.258 e. The van der Waals surface area contributed by atoms with Gasteiger partial charge in [0.2, 0.25) is 0 Å². The standard InChI is InChI=1S/C25H31N3O3/c1-18-10-19(2)15-28(14-18)16-21-6-4-20(5-7-21)13-27-25(29)17-31-23-9-8-22(12-26)11-24(23)30-3/h4-9,11,18-19H,10,13-17H2,1-3H3,(H,27,29). The van der Waals surface area contributed by atoms with Crippen LogP contribution in [0.25, 0.3) is 0 Å². The average Bonchev–Trinajstić information content (AvgIpc) is 2.76. The van der Waals surface area contributed by atoms with E-state index in [1.54, 1.807) is 18.2 Å². The Bertz CT molecular complexity index is 911. The molecule has 0 aliphatic carbocycles. The van der Waals surface area contributed by atoms with Crippen LogP contribution in [0, 0.1) is 23.2 Å². The second-order valence-electron chi connectivity index (χ2n) is 8.50. The first-order chi connectivity index (χ1) is 15.0. The average molecular weight is 422 g/mol. The lowest BCUT2D eigenvalue weighted by Crippen LogP contribution is -2.38. The van der Waals surface area contributed by atoms with Crippen LogP contribution in [0.5, 0.6) is 11.5 Å². The van der Waals surface area contributed by atoms with E-state index in [4.69, 9.17) is 14.7 Å². The lowest BCUT2D eigenvalue weighted by Gasteiger charge is -2.35. The third kappa shape index (κ3) is 6.73. The van der Waals surface area contributed by atoms with Crippen molar-refractivity contribution in [3.05, 3.63) is 59.2 Å². The minimum Gasteiger partial charge on any atom is -0.493 e. The van der Waals surface area contributed by atoms with Crippen molar-refractivity contribution in [1.29, 1.82) is 5.26 Å². The van der Waals surface area contributed by atoms with Gasteiger partial charge >= 0.3 is 0 Å². The number of benzene rings is 2. The summed E-state index contributed by atoms with van der Waals surface area (Å²) in [6.07, 6.45) is 1.32. The fourth-order valence-electron chi connectivity index (χ4n) is 4.19. The van der Waals surface area contributed by atoms with Gasteiger partial charge in [-0.25, -0.2) is 0 Å². The second kappa shape index (κ2) is 10.8. The highest BCUT2D eigenvalue weighted by Crippen LogP contribution is 2.27. The van der Waals surface area contributed by atoms with Crippen molar-refractivity contribution >= 4 is 5.91 Å². The highest BCUT2D eigenvalue weighted by Gasteiger charge is 2.21. The molecule has 1 fully saturated rings. The summed E-state index contributed by atoms with van der Waals surface area (Å²) in [6.45, 7) is 8.28. The number of nitriles is 1. The Morgan fingerprint density at radius 2 is 1.77 bits per heavy atom. The lowest BCUT2D eigenvalue weighted by atomic mass is 9.91. The molecule has 1 aliphatic heterocycles. The van der Waals surface area contributed by atoms with E-state index in [2.05, 4.69) is 48.3 Å². The topological polar surface area (TPSA) is 74.6 Å². The van der Waals surface area contributed by atoms with E-state index in [-0.39, 0.29) is 12.5 Å². The van der Waals surface area contributed by atoms with E-state index < -0.39 is 0 Å². The zero-order valence-electron chi connectivity index (χ0n) is 18.6. The molecule has 1 amide bonds. The summed E-state index contributed by atoms with van der Waals surface area (Å²) in [4.78, 5) is 14.7. The number of nitrogens with zero attached hydrogens (tertiary/aromatic N) is 2. The van der Waals surface area contributed by atoms with E-state index in [0.717, 1.165) is 37.0 Å². The molecule has 0 saturated carbocycles. The van der Waals surface area contributed by atoms with Gasteiger partial charge < -0.3 is 14.8 Å². The molecule has 6 heteroatoms. The largest absolute Gasteiger partial charge is 0.493 e. The Labute approximate surface area is 184 Å². The zero-order valence-corrected chi connectivity index (χ0v) is 18.6. The molecule has 164 valence electrons. The van der Waals surface area contributed by atoms with Gasteiger partial charge in [-0.2, -0.15) is 5.26 Å². The van der Waals surface area contributed by atoms with Gasteiger partial charge in [-0.1, -0.05) is 38.1 Å². The van der Waals surface area contributed by atoms with Crippen LogP contribution in [-0.2, 0) is 17.9 Å². The van der Waals surface area contributed by atoms with Gasteiger partial charge in [0, 0.05) is 32.2 Å². The summed E-state index contributed by atoms with van der Waals surface area (Å²) in [5, 5.41) is 11.8. The smallest absolute Gasteiger partial charge is 0.258 e. The molecule has 6 nitrogen and oxygen atoms in total. The Morgan fingerprint density at radius 1 is 1.10 bits per heavy atom. The number of hydrogen-bond acceptors (Lipinski definition) is 5. The molecule has 1 heterocycles. The van der Waals surface area contributed by atoms with Crippen LogP contribution in [-0.4, -0.2) is 37.6 Å². The van der Waals surface area contributed by atoms with Crippen LogP contribution in [0.2, 0.25) is 0 Å². The quantitative estimate of drug-likeness (QED) is 0.703. The monoisotopic (exact) mass is 421 g/mol. The normalized spacial score (nSPS) is 18.8. The Hall–Kier alpha value is -3.04. The van der Waals surface area contributed by atoms with Crippen molar-refractivity contribution in [3.8, 4) is 17.6 Å². The highest BCUT2D eigenvalue weighted by molar-refractivity contribution is 5.77. The molecule has 2 unspecified atom stereocenters. The molecule has 3 rings (SSSR count). The fourth-order valence-corrected chi connectivity index (χ4v) is 4.19. The van der Waals surface area contributed by atoms with Crippen LogP contribution >= 0.6 is 0 Å². The molecule has 2 aromatic carbocycles. The molecule has 2 aromatic rings. The summed E-state index contributed by atoms with van der Waals surface area (Å²) in [5.41, 5.74) is 2.82. The van der Waals surface area contributed by atoms with Crippen LogP contribution in [0.1, 0.15) is 37.0 Å². The first-order valence-electron chi connectivity index (χ1n) is 10.7. The van der Waals surface area contributed by atoms with Gasteiger partial charge in [-0.15, -0.1) is 0 Å². The van der Waals surface area contributed by atoms with Gasteiger partial charge in [-0.3, -0.25) is 9.69 Å². The number of rotatable bonds is 8. The Kier molecular flexibility index (Phi) is 7.91. The predicted molar refractivity (Wildman–Crippen MR) is 120 cm³/mol. The van der Waals surface area contributed by atoms with E-state index in [9.17, 15) is 4.79 Å². The number of amides is 1. The van der Waals surface area contributed by atoms with E-state index in [1.165, 1.54) is 19.1 Å². The number of carbonyl (C=O) groups is 1. The Morgan fingerprint density at radius 3 is 2.42 bits per heavy atom. The number of methoxy groups -OCH3 is 1. The first kappa shape index (κ1) is 22.6. The molecule has 0 bridgehead atoms. The third-order valence-corrected chi connectivity index (χ3v) is 5.51. The molecule has 1 N–H and O–H groups in total. The number of piperidine rings is 1. The number of nitrogens with one attached hydrogen (secondary N) is 1. The molecule has 0 spiro atoms. The van der Waals surface area contributed by atoms with Crippen LogP contribution in [0.15, 0.2) is 42.5 Å². The molecule has 0 aromatic heterocycles. The van der Waals surface area contributed by atoms with E-state index in [0.29, 0.717) is 23.6 Å². The molecular formula is C25H31N3O3.